The SMILES string of the molecule is CC(Nc1nc2ccccc2s1)N1CCN(c2ncccn2)CC1. The molecule has 1 atom stereocenters. The van der Waals surface area contributed by atoms with Crippen LogP contribution in [0.15, 0.2) is 42.7 Å². The average molecular weight is 340 g/mol. The second-order valence-electron chi connectivity index (χ2n) is 5.88. The molecule has 2 aromatic heterocycles. The van der Waals surface area contributed by atoms with E-state index in [1.165, 1.54) is 4.70 Å². The number of piperazine rings is 1. The van der Waals surface area contributed by atoms with Crippen molar-refractivity contribution < 1.29 is 0 Å². The Balaban J connectivity index is 1.36. The van der Waals surface area contributed by atoms with E-state index in [1.807, 2.05) is 12.1 Å². The van der Waals surface area contributed by atoms with Crippen molar-refractivity contribution in [2.45, 2.75) is 13.1 Å². The van der Waals surface area contributed by atoms with Gasteiger partial charge in [-0.2, -0.15) is 0 Å². The second kappa shape index (κ2) is 6.70. The Kier molecular flexibility index (Phi) is 4.27. The summed E-state index contributed by atoms with van der Waals surface area (Å²) in [5.74, 6) is 0.823. The summed E-state index contributed by atoms with van der Waals surface area (Å²) in [6, 6.07) is 10.1. The lowest BCUT2D eigenvalue weighted by molar-refractivity contribution is 0.214. The van der Waals surface area contributed by atoms with Gasteiger partial charge in [0.15, 0.2) is 5.13 Å². The molecule has 1 aliphatic heterocycles. The Morgan fingerprint density at radius 1 is 1.04 bits per heavy atom. The van der Waals surface area contributed by atoms with E-state index in [9.17, 15) is 0 Å². The molecule has 0 spiro atoms. The molecule has 3 heterocycles. The van der Waals surface area contributed by atoms with Crippen molar-refractivity contribution in [3.8, 4) is 0 Å². The molecule has 0 radical (unpaired) electrons. The summed E-state index contributed by atoms with van der Waals surface area (Å²) in [7, 11) is 0. The molecule has 0 saturated carbocycles. The van der Waals surface area contributed by atoms with Gasteiger partial charge in [-0.3, -0.25) is 4.90 Å². The van der Waals surface area contributed by atoms with E-state index in [1.54, 1.807) is 23.7 Å². The highest BCUT2D eigenvalue weighted by Crippen LogP contribution is 2.26. The van der Waals surface area contributed by atoms with Gasteiger partial charge in [0.05, 0.1) is 16.4 Å². The van der Waals surface area contributed by atoms with Gasteiger partial charge in [-0.25, -0.2) is 15.0 Å². The van der Waals surface area contributed by atoms with Crippen LogP contribution in [0.2, 0.25) is 0 Å². The molecule has 0 bridgehead atoms. The minimum Gasteiger partial charge on any atom is -0.346 e. The number of fused-ring (bicyclic) bond motifs is 1. The normalized spacial score (nSPS) is 17.1. The van der Waals surface area contributed by atoms with Gasteiger partial charge in [-0.15, -0.1) is 0 Å². The van der Waals surface area contributed by atoms with Crippen LogP contribution in [0.25, 0.3) is 10.2 Å². The molecule has 24 heavy (non-hydrogen) atoms. The topological polar surface area (TPSA) is 57.2 Å². The Bertz CT molecular complexity index is 764. The fraction of sp³-hybridized carbons (Fsp3) is 0.353. The minimum absolute atomic E-state index is 0.254. The maximum Gasteiger partial charge on any atom is 0.225 e. The van der Waals surface area contributed by atoms with Crippen LogP contribution < -0.4 is 10.2 Å². The number of para-hydroxylation sites is 1. The Hall–Kier alpha value is -2.25. The van der Waals surface area contributed by atoms with E-state index >= 15 is 0 Å². The van der Waals surface area contributed by atoms with Crippen molar-refractivity contribution in [3.63, 3.8) is 0 Å². The van der Waals surface area contributed by atoms with E-state index in [4.69, 9.17) is 0 Å². The lowest BCUT2D eigenvalue weighted by atomic mass is 10.3. The zero-order valence-electron chi connectivity index (χ0n) is 13.6. The summed E-state index contributed by atoms with van der Waals surface area (Å²) < 4.78 is 1.22. The molecular formula is C17H20N6S. The van der Waals surface area contributed by atoms with Crippen LogP contribution in [0.3, 0.4) is 0 Å². The molecule has 7 heteroatoms. The third-order valence-electron chi connectivity index (χ3n) is 4.32. The van der Waals surface area contributed by atoms with Crippen LogP contribution in [0, 0.1) is 0 Å². The van der Waals surface area contributed by atoms with Crippen molar-refractivity contribution in [1.29, 1.82) is 0 Å². The zero-order valence-corrected chi connectivity index (χ0v) is 14.4. The van der Waals surface area contributed by atoms with Crippen LogP contribution in [0.4, 0.5) is 11.1 Å². The molecule has 1 aliphatic rings. The monoisotopic (exact) mass is 340 g/mol. The number of hydrogen-bond donors (Lipinski definition) is 1. The lowest BCUT2D eigenvalue weighted by Gasteiger charge is -2.38. The molecule has 0 amide bonds. The first kappa shape index (κ1) is 15.3. The number of aromatic nitrogens is 3. The van der Waals surface area contributed by atoms with Crippen molar-refractivity contribution >= 4 is 32.6 Å². The summed E-state index contributed by atoms with van der Waals surface area (Å²) in [6.07, 6.45) is 3.85. The van der Waals surface area contributed by atoms with E-state index in [2.05, 4.69) is 55.2 Å². The molecule has 124 valence electrons. The Morgan fingerprint density at radius 2 is 1.79 bits per heavy atom. The lowest BCUT2D eigenvalue weighted by Crippen LogP contribution is -2.52. The van der Waals surface area contributed by atoms with Crippen LogP contribution >= 0.6 is 11.3 Å². The fourth-order valence-electron chi connectivity index (χ4n) is 2.97. The minimum atomic E-state index is 0.254. The van der Waals surface area contributed by atoms with Crippen molar-refractivity contribution in [2.24, 2.45) is 0 Å². The maximum atomic E-state index is 4.66. The second-order valence-corrected chi connectivity index (χ2v) is 6.91. The summed E-state index contributed by atoms with van der Waals surface area (Å²) >= 11 is 1.71. The predicted octanol–water partition coefficient (Wildman–Crippen LogP) is 2.67. The van der Waals surface area contributed by atoms with Crippen LogP contribution in [-0.2, 0) is 0 Å². The van der Waals surface area contributed by atoms with Gasteiger partial charge < -0.3 is 10.2 Å². The molecule has 6 nitrogen and oxygen atoms in total. The predicted molar refractivity (Wildman–Crippen MR) is 98.5 cm³/mol. The first-order valence-corrected chi connectivity index (χ1v) is 8.99. The van der Waals surface area contributed by atoms with Gasteiger partial charge in [0.2, 0.25) is 5.95 Å². The number of nitrogens with zero attached hydrogens (tertiary/aromatic N) is 5. The van der Waals surface area contributed by atoms with Gasteiger partial charge in [-0.05, 0) is 25.1 Å². The maximum absolute atomic E-state index is 4.66. The first-order valence-electron chi connectivity index (χ1n) is 8.18. The highest BCUT2D eigenvalue weighted by atomic mass is 32.1. The first-order chi connectivity index (χ1) is 11.8. The highest BCUT2D eigenvalue weighted by molar-refractivity contribution is 7.22. The molecule has 1 unspecified atom stereocenters. The number of nitrogens with one attached hydrogen (secondary N) is 1. The smallest absolute Gasteiger partial charge is 0.225 e. The van der Waals surface area contributed by atoms with Gasteiger partial charge in [0.1, 0.15) is 0 Å². The largest absolute Gasteiger partial charge is 0.346 e. The molecule has 1 N–H and O–H groups in total. The molecule has 3 aromatic rings. The number of hydrogen-bond acceptors (Lipinski definition) is 7. The molecule has 4 rings (SSSR count). The number of thiazole rings is 1. The van der Waals surface area contributed by atoms with Crippen molar-refractivity contribution in [3.05, 3.63) is 42.7 Å². The molecular weight excluding hydrogens is 320 g/mol. The molecule has 1 fully saturated rings. The van der Waals surface area contributed by atoms with Gasteiger partial charge in [0.25, 0.3) is 0 Å². The van der Waals surface area contributed by atoms with Crippen LogP contribution in [0.5, 0.6) is 0 Å². The third kappa shape index (κ3) is 3.18. The summed E-state index contributed by atoms with van der Waals surface area (Å²) in [5.41, 5.74) is 1.06. The number of benzene rings is 1. The molecule has 1 saturated heterocycles. The van der Waals surface area contributed by atoms with E-state index in [0.717, 1.165) is 42.8 Å². The van der Waals surface area contributed by atoms with Gasteiger partial charge in [-0.1, -0.05) is 23.5 Å². The van der Waals surface area contributed by atoms with Crippen molar-refractivity contribution in [2.75, 3.05) is 36.4 Å². The van der Waals surface area contributed by atoms with Gasteiger partial charge in [0, 0.05) is 38.6 Å². The Labute approximate surface area is 145 Å². The zero-order chi connectivity index (χ0) is 16.4. The quantitative estimate of drug-likeness (QED) is 0.788. The number of rotatable bonds is 4. The van der Waals surface area contributed by atoms with E-state index in [0.29, 0.717) is 0 Å². The standard InChI is InChI=1S/C17H20N6S/c1-13(20-17-21-14-5-2-3-6-15(14)24-17)22-9-11-23(12-10-22)16-18-7-4-8-19-16/h2-8,13H,9-12H2,1H3,(H,20,21). The Morgan fingerprint density at radius 3 is 2.54 bits per heavy atom. The van der Waals surface area contributed by atoms with Crippen LogP contribution in [0.1, 0.15) is 6.92 Å². The van der Waals surface area contributed by atoms with Crippen LogP contribution in [-0.4, -0.2) is 52.2 Å². The fourth-order valence-corrected chi connectivity index (χ4v) is 3.91. The van der Waals surface area contributed by atoms with Crippen molar-refractivity contribution in [1.82, 2.24) is 19.9 Å². The molecule has 1 aromatic carbocycles. The highest BCUT2D eigenvalue weighted by Gasteiger charge is 2.22. The molecule has 0 aliphatic carbocycles. The van der Waals surface area contributed by atoms with Gasteiger partial charge >= 0.3 is 0 Å². The summed E-state index contributed by atoms with van der Waals surface area (Å²) in [4.78, 5) is 18.0. The summed E-state index contributed by atoms with van der Waals surface area (Å²) in [6.45, 7) is 6.04. The third-order valence-corrected chi connectivity index (χ3v) is 5.29. The summed E-state index contributed by atoms with van der Waals surface area (Å²) in [5, 5.41) is 4.52. The van der Waals surface area contributed by atoms with E-state index < -0.39 is 0 Å². The van der Waals surface area contributed by atoms with E-state index in [-0.39, 0.29) is 6.17 Å². The number of anilines is 2. The average Bonchev–Trinajstić information content (AvgIpc) is 3.05.